The van der Waals surface area contributed by atoms with E-state index in [9.17, 15) is 8.78 Å². The summed E-state index contributed by atoms with van der Waals surface area (Å²) in [7, 11) is 0. The zero-order valence-corrected chi connectivity index (χ0v) is 15.6. The van der Waals surface area contributed by atoms with Gasteiger partial charge in [0.15, 0.2) is 5.65 Å². The van der Waals surface area contributed by atoms with E-state index in [1.807, 2.05) is 49.4 Å². The Balaban J connectivity index is 1.85. The minimum absolute atomic E-state index is 0.237. The van der Waals surface area contributed by atoms with E-state index in [4.69, 9.17) is 4.74 Å². The number of aromatic nitrogens is 3. The number of ether oxygens (including phenoxy) is 1. The molecule has 0 saturated heterocycles. The molecule has 0 aliphatic heterocycles. The summed E-state index contributed by atoms with van der Waals surface area (Å²) >= 11 is 0. The Labute approximate surface area is 166 Å². The van der Waals surface area contributed by atoms with Crippen molar-refractivity contribution in [3.63, 3.8) is 0 Å². The lowest BCUT2D eigenvalue weighted by atomic mass is 10.1. The van der Waals surface area contributed by atoms with Crippen LogP contribution >= 0.6 is 0 Å². The first-order valence-corrected chi connectivity index (χ1v) is 9.13. The number of benzene rings is 2. The van der Waals surface area contributed by atoms with Gasteiger partial charge in [0.25, 0.3) is 6.43 Å². The van der Waals surface area contributed by atoms with Gasteiger partial charge >= 0.3 is 0 Å². The number of rotatable bonds is 4. The fraction of sp³-hybridized carbons (Fsp3) is 0.130. The predicted octanol–water partition coefficient (Wildman–Crippen LogP) is 5.13. The summed E-state index contributed by atoms with van der Waals surface area (Å²) in [5.41, 5.74) is 2.46. The number of hydrogen-bond donors (Lipinski definition) is 0. The van der Waals surface area contributed by atoms with Gasteiger partial charge in [-0.05, 0) is 37.3 Å². The molecule has 0 fully saturated rings. The SMILES string of the molecule is CCOc1cccc(-c2cc(C(F)F)n3ncc(C#Cc4ccccc4)c3n2)c1. The normalized spacial score (nSPS) is 10.8. The summed E-state index contributed by atoms with van der Waals surface area (Å²) in [6, 6.07) is 18.0. The summed E-state index contributed by atoms with van der Waals surface area (Å²) in [6.07, 6.45) is -1.24. The lowest BCUT2D eigenvalue weighted by molar-refractivity contribution is 0.143. The van der Waals surface area contributed by atoms with Crippen LogP contribution in [0.15, 0.2) is 66.9 Å². The van der Waals surface area contributed by atoms with E-state index in [0.717, 1.165) is 10.1 Å². The van der Waals surface area contributed by atoms with Crippen LogP contribution in [0.4, 0.5) is 8.78 Å². The van der Waals surface area contributed by atoms with E-state index in [2.05, 4.69) is 21.9 Å². The van der Waals surface area contributed by atoms with Crippen LogP contribution in [-0.4, -0.2) is 21.2 Å². The number of fused-ring (bicyclic) bond motifs is 1. The van der Waals surface area contributed by atoms with Crippen LogP contribution in [0.5, 0.6) is 5.75 Å². The topological polar surface area (TPSA) is 39.4 Å². The molecule has 2 heterocycles. The first-order valence-electron chi connectivity index (χ1n) is 9.13. The third kappa shape index (κ3) is 3.94. The molecule has 2 aromatic heterocycles. The number of halogens is 2. The maximum Gasteiger partial charge on any atom is 0.280 e. The van der Waals surface area contributed by atoms with Crippen LogP contribution in [-0.2, 0) is 0 Å². The van der Waals surface area contributed by atoms with Crippen LogP contribution in [0.3, 0.4) is 0 Å². The van der Waals surface area contributed by atoms with E-state index in [1.54, 1.807) is 12.1 Å². The van der Waals surface area contributed by atoms with Crippen molar-refractivity contribution in [1.29, 1.82) is 0 Å². The van der Waals surface area contributed by atoms with E-state index in [1.165, 1.54) is 12.3 Å². The third-order valence-electron chi connectivity index (χ3n) is 4.28. The summed E-state index contributed by atoms with van der Waals surface area (Å²) in [5.74, 6) is 6.67. The highest BCUT2D eigenvalue weighted by atomic mass is 19.3. The molecule has 0 atom stereocenters. The van der Waals surface area contributed by atoms with Gasteiger partial charge in [0, 0.05) is 11.1 Å². The van der Waals surface area contributed by atoms with Gasteiger partial charge in [0.05, 0.1) is 24.1 Å². The smallest absolute Gasteiger partial charge is 0.280 e. The Morgan fingerprint density at radius 3 is 2.62 bits per heavy atom. The van der Waals surface area contributed by atoms with Gasteiger partial charge in [-0.15, -0.1) is 0 Å². The van der Waals surface area contributed by atoms with Crippen molar-refractivity contribution < 1.29 is 13.5 Å². The monoisotopic (exact) mass is 389 g/mol. The van der Waals surface area contributed by atoms with Gasteiger partial charge in [-0.25, -0.2) is 18.3 Å². The van der Waals surface area contributed by atoms with E-state index in [-0.39, 0.29) is 5.69 Å². The molecule has 4 aromatic rings. The molecule has 4 rings (SSSR count). The van der Waals surface area contributed by atoms with Gasteiger partial charge in [0.2, 0.25) is 0 Å². The van der Waals surface area contributed by atoms with Crippen molar-refractivity contribution in [3.05, 3.63) is 83.7 Å². The molecular weight excluding hydrogens is 372 g/mol. The largest absolute Gasteiger partial charge is 0.494 e. The summed E-state index contributed by atoms with van der Waals surface area (Å²) in [4.78, 5) is 4.57. The fourth-order valence-corrected chi connectivity index (χ4v) is 2.95. The Hall–Kier alpha value is -3.72. The van der Waals surface area contributed by atoms with Crippen LogP contribution in [0, 0.1) is 11.8 Å². The Morgan fingerprint density at radius 2 is 1.86 bits per heavy atom. The molecule has 29 heavy (non-hydrogen) atoms. The van der Waals surface area contributed by atoms with E-state index in [0.29, 0.717) is 34.8 Å². The molecule has 4 nitrogen and oxygen atoms in total. The second kappa shape index (κ2) is 8.11. The third-order valence-corrected chi connectivity index (χ3v) is 4.28. The highest BCUT2D eigenvalue weighted by molar-refractivity contribution is 5.67. The minimum Gasteiger partial charge on any atom is -0.494 e. The lowest BCUT2D eigenvalue weighted by Gasteiger charge is -2.09. The van der Waals surface area contributed by atoms with Gasteiger partial charge in [-0.3, -0.25) is 0 Å². The second-order valence-corrected chi connectivity index (χ2v) is 6.24. The first kappa shape index (κ1) is 18.6. The number of nitrogens with zero attached hydrogens (tertiary/aromatic N) is 3. The molecule has 0 saturated carbocycles. The van der Waals surface area contributed by atoms with Crippen molar-refractivity contribution >= 4 is 5.65 Å². The molecule has 144 valence electrons. The van der Waals surface area contributed by atoms with Gasteiger partial charge in [-0.1, -0.05) is 42.2 Å². The Morgan fingerprint density at radius 1 is 1.03 bits per heavy atom. The van der Waals surface area contributed by atoms with Crippen molar-refractivity contribution in [1.82, 2.24) is 14.6 Å². The molecule has 6 heteroatoms. The maximum absolute atomic E-state index is 13.7. The van der Waals surface area contributed by atoms with Crippen molar-refractivity contribution in [3.8, 4) is 28.8 Å². The van der Waals surface area contributed by atoms with Gasteiger partial charge in [-0.2, -0.15) is 5.10 Å². The number of alkyl halides is 2. The summed E-state index contributed by atoms with van der Waals surface area (Å²) in [6.45, 7) is 2.40. The zero-order chi connectivity index (χ0) is 20.2. The molecule has 0 spiro atoms. The minimum atomic E-state index is -2.70. The average Bonchev–Trinajstić information content (AvgIpc) is 3.15. The molecule has 2 aromatic carbocycles. The highest BCUT2D eigenvalue weighted by Gasteiger charge is 2.18. The zero-order valence-electron chi connectivity index (χ0n) is 15.6. The highest BCUT2D eigenvalue weighted by Crippen LogP contribution is 2.28. The van der Waals surface area contributed by atoms with Crippen molar-refractivity contribution in [2.24, 2.45) is 0 Å². The van der Waals surface area contributed by atoms with Gasteiger partial charge in [0.1, 0.15) is 11.4 Å². The molecular formula is C23H17F2N3O. The average molecular weight is 389 g/mol. The molecule has 0 N–H and O–H groups in total. The summed E-state index contributed by atoms with van der Waals surface area (Å²) < 4.78 is 34.1. The molecule has 0 unspecified atom stereocenters. The molecule has 0 radical (unpaired) electrons. The van der Waals surface area contributed by atoms with Crippen LogP contribution in [0.1, 0.15) is 30.2 Å². The van der Waals surface area contributed by atoms with E-state index >= 15 is 0 Å². The first-order chi connectivity index (χ1) is 14.2. The van der Waals surface area contributed by atoms with Gasteiger partial charge < -0.3 is 4.74 Å². The quantitative estimate of drug-likeness (QED) is 0.454. The molecule has 0 amide bonds. The fourth-order valence-electron chi connectivity index (χ4n) is 2.95. The van der Waals surface area contributed by atoms with Crippen LogP contribution in [0.25, 0.3) is 16.9 Å². The predicted molar refractivity (Wildman–Crippen MR) is 107 cm³/mol. The second-order valence-electron chi connectivity index (χ2n) is 6.24. The van der Waals surface area contributed by atoms with E-state index < -0.39 is 6.43 Å². The summed E-state index contributed by atoms with van der Waals surface area (Å²) in [5, 5.41) is 4.08. The van der Waals surface area contributed by atoms with Crippen LogP contribution in [0.2, 0.25) is 0 Å². The Kier molecular flexibility index (Phi) is 5.21. The molecule has 0 aliphatic carbocycles. The van der Waals surface area contributed by atoms with Crippen LogP contribution < -0.4 is 4.74 Å². The molecule has 0 aliphatic rings. The standard InChI is InChI=1S/C23H17F2N3O/c1-2-29-19-10-6-9-17(13-19)20-14-21(22(24)25)28-23(27-20)18(15-26-28)12-11-16-7-4-3-5-8-16/h3-10,13-15,22H,2H2,1H3. The van der Waals surface area contributed by atoms with Crippen molar-refractivity contribution in [2.45, 2.75) is 13.3 Å². The van der Waals surface area contributed by atoms with Crippen molar-refractivity contribution in [2.75, 3.05) is 6.61 Å². The maximum atomic E-state index is 13.7. The number of hydrogen-bond acceptors (Lipinski definition) is 3. The molecule has 0 bridgehead atoms. The lowest BCUT2D eigenvalue weighted by Crippen LogP contribution is -2.03. The Bertz CT molecular complexity index is 1210.